The molecule has 1 aromatic heterocycles. The Morgan fingerprint density at radius 3 is 2.95 bits per heavy atom. The van der Waals surface area contributed by atoms with Crippen molar-refractivity contribution >= 4 is 17.5 Å². The van der Waals surface area contributed by atoms with Gasteiger partial charge in [0.05, 0.1) is 17.4 Å². The SMILES string of the molecule is CCN(CCNc1cnc(N)cc1C(=O)O)C1CC1. The first-order chi connectivity index (χ1) is 9.11. The molecule has 0 amide bonds. The molecule has 0 aliphatic heterocycles. The van der Waals surface area contributed by atoms with E-state index in [-0.39, 0.29) is 11.4 Å². The van der Waals surface area contributed by atoms with Crippen LogP contribution < -0.4 is 11.1 Å². The van der Waals surface area contributed by atoms with Crippen LogP contribution in [0.2, 0.25) is 0 Å². The second-order valence-corrected chi connectivity index (χ2v) is 4.75. The summed E-state index contributed by atoms with van der Waals surface area (Å²) < 4.78 is 0. The van der Waals surface area contributed by atoms with Crippen molar-refractivity contribution in [3.8, 4) is 0 Å². The summed E-state index contributed by atoms with van der Waals surface area (Å²) in [7, 11) is 0. The lowest BCUT2D eigenvalue weighted by atomic mass is 10.2. The highest BCUT2D eigenvalue weighted by Crippen LogP contribution is 2.26. The van der Waals surface area contributed by atoms with Gasteiger partial charge in [0.2, 0.25) is 0 Å². The molecule has 6 heteroatoms. The zero-order valence-corrected chi connectivity index (χ0v) is 11.1. The van der Waals surface area contributed by atoms with E-state index in [4.69, 9.17) is 10.8 Å². The van der Waals surface area contributed by atoms with Crippen LogP contribution in [0.15, 0.2) is 12.3 Å². The third-order valence-electron chi connectivity index (χ3n) is 3.34. The van der Waals surface area contributed by atoms with Crippen LogP contribution in [0, 0.1) is 0 Å². The minimum atomic E-state index is -0.994. The molecule has 0 spiro atoms. The van der Waals surface area contributed by atoms with Gasteiger partial charge in [0, 0.05) is 19.1 Å². The maximum Gasteiger partial charge on any atom is 0.337 e. The highest BCUT2D eigenvalue weighted by Gasteiger charge is 2.27. The third kappa shape index (κ3) is 3.57. The molecule has 1 fully saturated rings. The second-order valence-electron chi connectivity index (χ2n) is 4.75. The molecule has 0 aromatic carbocycles. The highest BCUT2D eigenvalue weighted by atomic mass is 16.4. The Bertz CT molecular complexity index is 460. The van der Waals surface area contributed by atoms with Crippen LogP contribution in [0.25, 0.3) is 0 Å². The number of nitrogens with two attached hydrogens (primary N) is 1. The lowest BCUT2D eigenvalue weighted by Crippen LogP contribution is -2.31. The number of carboxylic acid groups (broad SMARTS) is 1. The van der Waals surface area contributed by atoms with Crippen LogP contribution in [0.3, 0.4) is 0 Å². The van der Waals surface area contributed by atoms with Crippen LogP contribution in [-0.4, -0.2) is 46.6 Å². The topological polar surface area (TPSA) is 91.5 Å². The first-order valence-corrected chi connectivity index (χ1v) is 6.58. The number of carboxylic acids is 1. The van der Waals surface area contributed by atoms with Gasteiger partial charge in [0.1, 0.15) is 5.82 Å². The maximum absolute atomic E-state index is 11.1. The number of hydrogen-bond acceptors (Lipinski definition) is 5. The van der Waals surface area contributed by atoms with E-state index < -0.39 is 5.97 Å². The fourth-order valence-corrected chi connectivity index (χ4v) is 2.16. The van der Waals surface area contributed by atoms with Gasteiger partial charge < -0.3 is 16.2 Å². The van der Waals surface area contributed by atoms with Gasteiger partial charge in [-0.15, -0.1) is 0 Å². The molecule has 0 atom stereocenters. The molecule has 0 saturated heterocycles. The highest BCUT2D eigenvalue weighted by molar-refractivity contribution is 5.94. The zero-order valence-electron chi connectivity index (χ0n) is 11.1. The largest absolute Gasteiger partial charge is 0.478 e. The van der Waals surface area contributed by atoms with Crippen LogP contribution >= 0.6 is 0 Å². The molecular weight excluding hydrogens is 244 g/mol. The van der Waals surface area contributed by atoms with E-state index >= 15 is 0 Å². The first kappa shape index (κ1) is 13.6. The molecule has 104 valence electrons. The fourth-order valence-electron chi connectivity index (χ4n) is 2.16. The number of pyridine rings is 1. The minimum Gasteiger partial charge on any atom is -0.478 e. The van der Waals surface area contributed by atoms with Crippen LogP contribution in [-0.2, 0) is 0 Å². The van der Waals surface area contributed by atoms with E-state index in [0.717, 1.165) is 19.1 Å². The van der Waals surface area contributed by atoms with Gasteiger partial charge in [-0.2, -0.15) is 0 Å². The number of hydrogen-bond donors (Lipinski definition) is 3. The van der Waals surface area contributed by atoms with Crippen LogP contribution in [0.4, 0.5) is 11.5 Å². The summed E-state index contributed by atoms with van der Waals surface area (Å²) in [6.45, 7) is 4.78. The molecule has 6 nitrogen and oxygen atoms in total. The molecule has 1 aliphatic carbocycles. The molecule has 1 aliphatic rings. The normalized spacial score (nSPS) is 14.6. The zero-order chi connectivity index (χ0) is 13.8. The Balaban J connectivity index is 1.93. The van der Waals surface area contributed by atoms with Gasteiger partial charge in [-0.3, -0.25) is 4.90 Å². The number of likely N-dealkylation sites (N-methyl/N-ethyl adjacent to an activating group) is 1. The number of anilines is 2. The summed E-state index contributed by atoms with van der Waals surface area (Å²) >= 11 is 0. The van der Waals surface area contributed by atoms with Crippen molar-refractivity contribution in [2.75, 3.05) is 30.7 Å². The summed E-state index contributed by atoms with van der Waals surface area (Å²) in [5, 5.41) is 12.2. The van der Waals surface area contributed by atoms with Gasteiger partial charge in [0.15, 0.2) is 0 Å². The van der Waals surface area contributed by atoms with Crippen molar-refractivity contribution in [1.29, 1.82) is 0 Å². The van der Waals surface area contributed by atoms with Gasteiger partial charge in [-0.1, -0.05) is 6.92 Å². The molecule has 4 N–H and O–H groups in total. The molecule has 0 radical (unpaired) electrons. The molecule has 0 bridgehead atoms. The second kappa shape index (κ2) is 5.88. The minimum absolute atomic E-state index is 0.168. The van der Waals surface area contributed by atoms with Crippen molar-refractivity contribution < 1.29 is 9.90 Å². The van der Waals surface area contributed by atoms with E-state index in [1.165, 1.54) is 25.1 Å². The maximum atomic E-state index is 11.1. The lowest BCUT2D eigenvalue weighted by Gasteiger charge is -2.20. The number of nitrogens with zero attached hydrogens (tertiary/aromatic N) is 2. The fraction of sp³-hybridized carbons (Fsp3) is 0.538. The first-order valence-electron chi connectivity index (χ1n) is 6.58. The van der Waals surface area contributed by atoms with E-state index in [9.17, 15) is 4.79 Å². The Kier molecular flexibility index (Phi) is 4.21. The number of aromatic carboxylic acids is 1. The summed E-state index contributed by atoms with van der Waals surface area (Å²) in [4.78, 5) is 17.4. The third-order valence-corrected chi connectivity index (χ3v) is 3.34. The molecular formula is C13H20N4O2. The van der Waals surface area contributed by atoms with Gasteiger partial charge >= 0.3 is 5.97 Å². The molecule has 19 heavy (non-hydrogen) atoms. The molecule has 1 saturated carbocycles. The van der Waals surface area contributed by atoms with Crippen LogP contribution in [0.1, 0.15) is 30.1 Å². The van der Waals surface area contributed by atoms with Crippen molar-refractivity contribution in [1.82, 2.24) is 9.88 Å². The van der Waals surface area contributed by atoms with Gasteiger partial charge in [-0.25, -0.2) is 9.78 Å². The Morgan fingerprint density at radius 2 is 2.37 bits per heavy atom. The number of carbonyl (C=O) groups is 1. The number of nitrogens with one attached hydrogen (secondary N) is 1. The van der Waals surface area contributed by atoms with Crippen molar-refractivity contribution in [3.63, 3.8) is 0 Å². The standard InChI is InChI=1S/C13H20N4O2/c1-2-17(9-3-4-9)6-5-15-11-8-16-12(14)7-10(11)13(18)19/h7-9,15H,2-6H2,1H3,(H2,14,16)(H,18,19). The smallest absolute Gasteiger partial charge is 0.337 e. The summed E-state index contributed by atoms with van der Waals surface area (Å²) in [6, 6.07) is 2.10. The van der Waals surface area contributed by atoms with Crippen molar-refractivity contribution in [2.24, 2.45) is 0 Å². The monoisotopic (exact) mass is 264 g/mol. The Labute approximate surface area is 112 Å². The Morgan fingerprint density at radius 1 is 1.63 bits per heavy atom. The molecule has 1 aromatic rings. The number of rotatable bonds is 7. The number of aromatic nitrogens is 1. The average molecular weight is 264 g/mol. The average Bonchev–Trinajstić information content (AvgIpc) is 3.20. The molecule has 0 unspecified atom stereocenters. The predicted octanol–water partition coefficient (Wildman–Crippen LogP) is 1.26. The van der Waals surface area contributed by atoms with E-state index in [0.29, 0.717) is 12.2 Å². The quantitative estimate of drug-likeness (QED) is 0.686. The summed E-state index contributed by atoms with van der Waals surface area (Å²) in [5.74, 6) is -0.776. The van der Waals surface area contributed by atoms with E-state index in [1.54, 1.807) is 0 Å². The van der Waals surface area contributed by atoms with E-state index in [1.807, 2.05) is 0 Å². The van der Waals surface area contributed by atoms with Gasteiger partial charge in [-0.05, 0) is 25.5 Å². The Hall–Kier alpha value is -1.82. The van der Waals surface area contributed by atoms with Crippen molar-refractivity contribution in [3.05, 3.63) is 17.8 Å². The molecule has 1 heterocycles. The number of nitrogen functional groups attached to an aromatic ring is 1. The van der Waals surface area contributed by atoms with Crippen molar-refractivity contribution in [2.45, 2.75) is 25.8 Å². The summed E-state index contributed by atoms with van der Waals surface area (Å²) in [5.41, 5.74) is 6.19. The summed E-state index contributed by atoms with van der Waals surface area (Å²) in [6.07, 6.45) is 4.03. The molecule has 2 rings (SSSR count). The van der Waals surface area contributed by atoms with E-state index in [2.05, 4.69) is 22.1 Å². The van der Waals surface area contributed by atoms with Crippen LogP contribution in [0.5, 0.6) is 0 Å². The lowest BCUT2D eigenvalue weighted by molar-refractivity contribution is 0.0698. The van der Waals surface area contributed by atoms with Gasteiger partial charge in [0.25, 0.3) is 0 Å². The predicted molar refractivity (Wildman–Crippen MR) is 74.4 cm³/mol.